The van der Waals surface area contributed by atoms with Crippen LogP contribution in [-0.4, -0.2) is 22.0 Å². The van der Waals surface area contributed by atoms with Crippen LogP contribution in [0.4, 0.5) is 0 Å². The van der Waals surface area contributed by atoms with Crippen molar-refractivity contribution in [2.75, 3.05) is 0 Å². The molecule has 6 nitrogen and oxygen atoms in total. The van der Waals surface area contributed by atoms with Gasteiger partial charge in [-0.15, -0.1) is 5.10 Å². The minimum Gasteiger partial charge on any atom is -0.369 e. The summed E-state index contributed by atoms with van der Waals surface area (Å²) >= 11 is 0. The summed E-state index contributed by atoms with van der Waals surface area (Å²) in [4.78, 5) is 0. The number of hydrogen-bond donors (Lipinski definition) is 2. The molecule has 0 aromatic carbocycles. The maximum Gasteiger partial charge on any atom is 0.211 e. The number of guanidine groups is 1. The van der Waals surface area contributed by atoms with Crippen molar-refractivity contribution >= 4 is 12.2 Å². The third-order valence-electron chi connectivity index (χ3n) is 1.41. The topological polar surface area (TPSA) is 94.6 Å². The number of aryl methyl sites for hydroxylation is 1. The first-order valence-electron chi connectivity index (χ1n) is 3.87. The van der Waals surface area contributed by atoms with Gasteiger partial charge in [-0.1, -0.05) is 0 Å². The Morgan fingerprint density at radius 1 is 1.69 bits per heavy atom. The van der Waals surface area contributed by atoms with Crippen LogP contribution >= 0.6 is 0 Å². The Morgan fingerprint density at radius 3 is 3.08 bits per heavy atom. The lowest BCUT2D eigenvalue weighted by Gasteiger charge is -1.96. The Balaban J connectivity index is 2.73. The summed E-state index contributed by atoms with van der Waals surface area (Å²) in [7, 11) is 0. The third-order valence-corrected chi connectivity index (χ3v) is 1.41. The second-order valence-corrected chi connectivity index (χ2v) is 2.34. The molecular weight excluding hydrogens is 168 g/mol. The minimum absolute atomic E-state index is 0.0567. The molecule has 0 aliphatic carbocycles. The Bertz CT molecular complexity index is 319. The fraction of sp³-hybridized carbons (Fsp3) is 0.286. The normalized spacial score (nSPS) is 10.5. The Hall–Kier alpha value is -1.85. The first kappa shape index (κ1) is 9.24. The van der Waals surface area contributed by atoms with Crippen LogP contribution in [0.15, 0.2) is 22.5 Å². The Morgan fingerprint density at radius 2 is 2.46 bits per heavy atom. The van der Waals surface area contributed by atoms with Gasteiger partial charge >= 0.3 is 0 Å². The molecule has 1 aromatic rings. The van der Waals surface area contributed by atoms with Crippen molar-refractivity contribution < 1.29 is 0 Å². The van der Waals surface area contributed by atoms with Gasteiger partial charge in [-0.2, -0.15) is 10.2 Å². The summed E-state index contributed by atoms with van der Waals surface area (Å²) in [6.45, 7) is 2.78. The van der Waals surface area contributed by atoms with E-state index in [9.17, 15) is 0 Å². The van der Waals surface area contributed by atoms with Gasteiger partial charge in [-0.25, -0.2) is 0 Å². The highest BCUT2D eigenvalue weighted by Gasteiger charge is 1.94. The van der Waals surface area contributed by atoms with E-state index < -0.39 is 0 Å². The molecule has 0 radical (unpaired) electrons. The van der Waals surface area contributed by atoms with E-state index in [2.05, 4.69) is 15.3 Å². The van der Waals surface area contributed by atoms with Crippen LogP contribution in [0.25, 0.3) is 0 Å². The predicted octanol–water partition coefficient (Wildman–Crippen LogP) is -0.490. The van der Waals surface area contributed by atoms with Gasteiger partial charge in [0.05, 0.1) is 11.9 Å². The van der Waals surface area contributed by atoms with Crippen molar-refractivity contribution in [1.82, 2.24) is 9.78 Å². The van der Waals surface area contributed by atoms with Gasteiger partial charge in [0.25, 0.3) is 0 Å². The molecule has 1 rings (SSSR count). The average molecular weight is 180 g/mol. The zero-order chi connectivity index (χ0) is 9.68. The van der Waals surface area contributed by atoms with Crippen molar-refractivity contribution in [2.45, 2.75) is 13.5 Å². The van der Waals surface area contributed by atoms with Gasteiger partial charge in [-0.05, 0) is 13.0 Å². The highest BCUT2D eigenvalue weighted by Crippen LogP contribution is 1.94. The second kappa shape index (κ2) is 4.24. The van der Waals surface area contributed by atoms with Gasteiger partial charge < -0.3 is 11.5 Å². The van der Waals surface area contributed by atoms with Crippen LogP contribution in [-0.2, 0) is 6.54 Å². The fourth-order valence-corrected chi connectivity index (χ4v) is 0.871. The van der Waals surface area contributed by atoms with Crippen LogP contribution in [0.1, 0.15) is 12.6 Å². The lowest BCUT2D eigenvalue weighted by Crippen LogP contribution is -2.21. The van der Waals surface area contributed by atoms with Crippen molar-refractivity contribution in [1.29, 1.82) is 0 Å². The summed E-state index contributed by atoms with van der Waals surface area (Å²) < 4.78 is 1.78. The predicted molar refractivity (Wildman–Crippen MR) is 51.3 cm³/mol. The summed E-state index contributed by atoms with van der Waals surface area (Å²) in [5, 5.41) is 11.2. The molecule has 0 saturated heterocycles. The summed E-state index contributed by atoms with van der Waals surface area (Å²) in [6.07, 6.45) is 3.25. The quantitative estimate of drug-likeness (QED) is 0.373. The van der Waals surface area contributed by atoms with E-state index in [0.29, 0.717) is 0 Å². The molecule has 4 N–H and O–H groups in total. The molecule has 1 heterocycles. The van der Waals surface area contributed by atoms with Gasteiger partial charge in [0.15, 0.2) is 0 Å². The molecular formula is C7H12N6. The van der Waals surface area contributed by atoms with E-state index in [1.54, 1.807) is 17.1 Å². The van der Waals surface area contributed by atoms with Gasteiger partial charge in [0, 0.05) is 12.7 Å². The molecule has 13 heavy (non-hydrogen) atoms. The standard InChI is InChI=1S/C7H12N6/c1-2-13-6(3-4-11-13)5-10-12-7(8)9/h3-5H,2H2,1H3,(H4,8,9,12)/b10-5+. The zero-order valence-corrected chi connectivity index (χ0v) is 7.38. The molecule has 0 saturated carbocycles. The molecule has 0 atom stereocenters. The highest BCUT2D eigenvalue weighted by atomic mass is 15.3. The van der Waals surface area contributed by atoms with Gasteiger partial charge in [0.2, 0.25) is 5.96 Å². The lowest BCUT2D eigenvalue weighted by atomic mass is 10.4. The maximum atomic E-state index is 5.09. The van der Waals surface area contributed by atoms with Crippen LogP contribution < -0.4 is 11.5 Å². The van der Waals surface area contributed by atoms with Crippen LogP contribution in [0, 0.1) is 0 Å². The van der Waals surface area contributed by atoms with E-state index in [0.717, 1.165) is 12.2 Å². The minimum atomic E-state index is -0.0567. The lowest BCUT2D eigenvalue weighted by molar-refractivity contribution is 0.655. The zero-order valence-electron chi connectivity index (χ0n) is 7.38. The van der Waals surface area contributed by atoms with Crippen LogP contribution in [0.2, 0.25) is 0 Å². The monoisotopic (exact) mass is 180 g/mol. The number of rotatable bonds is 3. The van der Waals surface area contributed by atoms with Crippen molar-refractivity contribution in [3.63, 3.8) is 0 Å². The second-order valence-electron chi connectivity index (χ2n) is 2.34. The van der Waals surface area contributed by atoms with E-state index in [-0.39, 0.29) is 5.96 Å². The third kappa shape index (κ3) is 2.58. The maximum absolute atomic E-state index is 5.09. The van der Waals surface area contributed by atoms with Crippen molar-refractivity contribution in [2.24, 2.45) is 21.7 Å². The smallest absolute Gasteiger partial charge is 0.211 e. The SMILES string of the molecule is CCn1nccc1/C=N/N=C(N)N. The number of aromatic nitrogens is 2. The van der Waals surface area contributed by atoms with Gasteiger partial charge in [-0.3, -0.25) is 4.68 Å². The Kier molecular flexibility index (Phi) is 3.02. The molecule has 70 valence electrons. The summed E-state index contributed by atoms with van der Waals surface area (Å²) in [6, 6.07) is 1.83. The van der Waals surface area contributed by atoms with E-state index in [1.807, 2.05) is 13.0 Å². The van der Waals surface area contributed by atoms with Crippen molar-refractivity contribution in [3.8, 4) is 0 Å². The molecule has 0 spiro atoms. The molecule has 0 unspecified atom stereocenters. The first-order chi connectivity index (χ1) is 6.24. The molecule has 0 amide bonds. The number of nitrogens with two attached hydrogens (primary N) is 2. The highest BCUT2D eigenvalue weighted by molar-refractivity contribution is 5.79. The van der Waals surface area contributed by atoms with Crippen LogP contribution in [0.3, 0.4) is 0 Å². The number of hydrogen-bond acceptors (Lipinski definition) is 3. The van der Waals surface area contributed by atoms with E-state index in [4.69, 9.17) is 11.5 Å². The largest absolute Gasteiger partial charge is 0.369 e. The summed E-state index contributed by atoms with van der Waals surface area (Å²) in [5.74, 6) is -0.0567. The van der Waals surface area contributed by atoms with Gasteiger partial charge in [0.1, 0.15) is 0 Å². The molecule has 6 heteroatoms. The van der Waals surface area contributed by atoms with Crippen molar-refractivity contribution in [3.05, 3.63) is 18.0 Å². The Labute approximate surface area is 75.9 Å². The van der Waals surface area contributed by atoms with E-state index in [1.165, 1.54) is 0 Å². The average Bonchev–Trinajstić information content (AvgIpc) is 2.51. The van der Waals surface area contributed by atoms with E-state index >= 15 is 0 Å². The summed E-state index contributed by atoms with van der Waals surface area (Å²) in [5.41, 5.74) is 11.1. The molecule has 1 aromatic heterocycles. The number of nitrogens with zero attached hydrogens (tertiary/aromatic N) is 4. The first-order valence-corrected chi connectivity index (χ1v) is 3.87. The molecule has 0 bridgehead atoms. The molecule has 0 fully saturated rings. The fourth-order valence-electron chi connectivity index (χ4n) is 0.871. The van der Waals surface area contributed by atoms with Crippen LogP contribution in [0.5, 0.6) is 0 Å². The molecule has 0 aliphatic heterocycles. The molecule has 0 aliphatic rings.